The van der Waals surface area contributed by atoms with E-state index in [4.69, 9.17) is 10.5 Å². The maximum absolute atomic E-state index is 12.4. The predicted molar refractivity (Wildman–Crippen MR) is 113 cm³/mol. The van der Waals surface area contributed by atoms with Crippen LogP contribution in [0.15, 0.2) is 24.3 Å². The summed E-state index contributed by atoms with van der Waals surface area (Å²) in [5, 5.41) is 3.10. The lowest BCUT2D eigenvalue weighted by molar-refractivity contribution is -0.126. The lowest BCUT2D eigenvalue weighted by atomic mass is 9.85. The molecule has 3 atom stereocenters. The van der Waals surface area contributed by atoms with E-state index < -0.39 is 0 Å². The molecule has 1 aromatic carbocycles. The van der Waals surface area contributed by atoms with E-state index >= 15 is 0 Å². The average molecular weight is 418 g/mol. The van der Waals surface area contributed by atoms with Crippen LogP contribution in [0.5, 0.6) is 0 Å². The maximum Gasteiger partial charge on any atom is 0.223 e. The van der Waals surface area contributed by atoms with Crippen molar-refractivity contribution in [1.82, 2.24) is 10.2 Å². The highest BCUT2D eigenvalue weighted by atomic mass is 35.5. The zero-order valence-corrected chi connectivity index (χ0v) is 17.7. The molecule has 27 heavy (non-hydrogen) atoms. The number of carbonyl (C=O) groups is 1. The topological polar surface area (TPSA) is 67.6 Å². The largest absolute Gasteiger partial charge is 0.376 e. The first-order valence-corrected chi connectivity index (χ1v) is 9.55. The summed E-state index contributed by atoms with van der Waals surface area (Å²) < 4.78 is 5.60. The molecule has 0 radical (unpaired) electrons. The highest BCUT2D eigenvalue weighted by Gasteiger charge is 2.25. The minimum Gasteiger partial charge on any atom is -0.376 e. The van der Waals surface area contributed by atoms with Gasteiger partial charge in [-0.3, -0.25) is 9.69 Å². The van der Waals surface area contributed by atoms with Crippen LogP contribution in [0.2, 0.25) is 0 Å². The van der Waals surface area contributed by atoms with Gasteiger partial charge in [-0.05, 0) is 37.3 Å². The number of nitrogens with zero attached hydrogens (tertiary/aromatic N) is 1. The summed E-state index contributed by atoms with van der Waals surface area (Å²) in [7, 11) is 0. The molecule has 0 spiro atoms. The van der Waals surface area contributed by atoms with Gasteiger partial charge >= 0.3 is 0 Å². The van der Waals surface area contributed by atoms with Gasteiger partial charge in [0.15, 0.2) is 0 Å². The first kappa shape index (κ1) is 24.2. The van der Waals surface area contributed by atoms with Crippen molar-refractivity contribution >= 4 is 30.7 Å². The molecular weight excluding hydrogens is 385 g/mol. The second-order valence-electron chi connectivity index (χ2n) is 7.58. The van der Waals surface area contributed by atoms with Gasteiger partial charge in [0.05, 0.1) is 12.7 Å². The molecule has 1 aromatic rings. The highest BCUT2D eigenvalue weighted by molar-refractivity contribution is 5.85. The van der Waals surface area contributed by atoms with Crippen molar-refractivity contribution in [2.75, 3.05) is 19.7 Å². The molecule has 1 aliphatic heterocycles. The molecule has 5 nitrogen and oxygen atoms in total. The first-order valence-electron chi connectivity index (χ1n) is 9.55. The third-order valence-corrected chi connectivity index (χ3v) is 5.28. The number of carbonyl (C=O) groups excluding carboxylic acids is 1. The van der Waals surface area contributed by atoms with Crippen molar-refractivity contribution in [1.29, 1.82) is 0 Å². The highest BCUT2D eigenvalue weighted by Crippen LogP contribution is 2.23. The van der Waals surface area contributed by atoms with E-state index in [0.29, 0.717) is 12.6 Å². The summed E-state index contributed by atoms with van der Waals surface area (Å²) in [5.41, 5.74) is 8.45. The number of ether oxygens (including phenoxy) is 1. The van der Waals surface area contributed by atoms with E-state index in [-0.39, 0.29) is 42.7 Å². The second-order valence-corrected chi connectivity index (χ2v) is 7.58. The van der Waals surface area contributed by atoms with E-state index in [1.54, 1.807) is 0 Å². The number of morpholine rings is 1. The van der Waals surface area contributed by atoms with Crippen LogP contribution < -0.4 is 11.1 Å². The number of halogens is 2. The fourth-order valence-electron chi connectivity index (χ4n) is 3.93. The van der Waals surface area contributed by atoms with Crippen molar-refractivity contribution < 1.29 is 9.53 Å². The van der Waals surface area contributed by atoms with Crippen LogP contribution >= 0.6 is 24.8 Å². The molecule has 2 aliphatic rings. The van der Waals surface area contributed by atoms with Crippen molar-refractivity contribution in [3.8, 4) is 0 Å². The minimum atomic E-state index is 0. The monoisotopic (exact) mass is 417 g/mol. The van der Waals surface area contributed by atoms with Crippen LogP contribution in [-0.2, 0) is 22.6 Å². The quantitative estimate of drug-likeness (QED) is 0.772. The average Bonchev–Trinajstić information content (AvgIpc) is 2.60. The van der Waals surface area contributed by atoms with E-state index in [1.807, 2.05) is 0 Å². The van der Waals surface area contributed by atoms with Gasteiger partial charge in [0.1, 0.15) is 0 Å². The first-order chi connectivity index (χ1) is 12.1. The molecule has 7 heteroatoms. The predicted octanol–water partition coefficient (Wildman–Crippen LogP) is 2.88. The molecule has 1 amide bonds. The number of benzene rings is 1. The third kappa shape index (κ3) is 7.59. The Morgan fingerprint density at radius 3 is 2.81 bits per heavy atom. The number of hydrogen-bond donors (Lipinski definition) is 2. The van der Waals surface area contributed by atoms with Gasteiger partial charge in [0.25, 0.3) is 0 Å². The Balaban J connectivity index is 0.00000182. The SMILES string of the molecule is CC1CN(Cc2cccc(CNC(=O)C3CCCC(N)C3)c2)CCO1.Cl.Cl. The molecule has 1 saturated heterocycles. The minimum absolute atomic E-state index is 0. The van der Waals surface area contributed by atoms with Crippen molar-refractivity contribution in [2.24, 2.45) is 11.7 Å². The number of nitrogens with one attached hydrogen (secondary N) is 1. The molecule has 1 aliphatic carbocycles. The van der Waals surface area contributed by atoms with Crippen LogP contribution in [0.25, 0.3) is 0 Å². The fraction of sp³-hybridized carbons (Fsp3) is 0.650. The standard InChI is InChI=1S/C20H31N3O2.2ClH/c1-15-13-23(8-9-25-15)14-17-5-2-4-16(10-17)12-22-20(24)18-6-3-7-19(21)11-18;;/h2,4-5,10,15,18-19H,3,6-9,11-14,21H2,1H3,(H,22,24);2*1H. The van der Waals surface area contributed by atoms with E-state index in [9.17, 15) is 4.79 Å². The second kappa shape index (κ2) is 11.9. The van der Waals surface area contributed by atoms with Crippen LogP contribution in [-0.4, -0.2) is 42.6 Å². The molecule has 3 unspecified atom stereocenters. The Morgan fingerprint density at radius 2 is 2.07 bits per heavy atom. The molecule has 0 aromatic heterocycles. The van der Waals surface area contributed by atoms with Crippen LogP contribution in [0.1, 0.15) is 43.7 Å². The zero-order chi connectivity index (χ0) is 17.6. The molecule has 2 fully saturated rings. The Morgan fingerprint density at radius 1 is 1.30 bits per heavy atom. The van der Waals surface area contributed by atoms with Crippen molar-refractivity contribution in [3.05, 3.63) is 35.4 Å². The fourth-order valence-corrected chi connectivity index (χ4v) is 3.93. The van der Waals surface area contributed by atoms with E-state index in [1.165, 1.54) is 5.56 Å². The zero-order valence-electron chi connectivity index (χ0n) is 16.1. The van der Waals surface area contributed by atoms with E-state index in [2.05, 4.69) is 41.4 Å². The molecule has 0 bridgehead atoms. The van der Waals surface area contributed by atoms with Gasteiger partial charge < -0.3 is 15.8 Å². The van der Waals surface area contributed by atoms with Gasteiger partial charge in [-0.1, -0.05) is 30.7 Å². The number of amides is 1. The van der Waals surface area contributed by atoms with Gasteiger partial charge in [-0.2, -0.15) is 0 Å². The van der Waals surface area contributed by atoms with E-state index in [0.717, 1.165) is 57.5 Å². The van der Waals surface area contributed by atoms with Crippen LogP contribution in [0, 0.1) is 5.92 Å². The molecule has 3 rings (SSSR count). The smallest absolute Gasteiger partial charge is 0.223 e. The number of nitrogens with two attached hydrogens (primary N) is 1. The summed E-state index contributed by atoms with van der Waals surface area (Å²) in [5.74, 6) is 0.240. The lowest BCUT2D eigenvalue weighted by Gasteiger charge is -2.31. The molecule has 3 N–H and O–H groups in total. The molecule has 1 saturated carbocycles. The summed E-state index contributed by atoms with van der Waals surface area (Å²) >= 11 is 0. The van der Waals surface area contributed by atoms with Gasteiger partial charge in [0, 0.05) is 38.1 Å². The summed E-state index contributed by atoms with van der Waals surface area (Å²) in [6.07, 6.45) is 4.20. The molecular formula is C20H33Cl2N3O2. The van der Waals surface area contributed by atoms with Crippen molar-refractivity contribution in [3.63, 3.8) is 0 Å². The van der Waals surface area contributed by atoms with Crippen molar-refractivity contribution in [2.45, 2.75) is 57.8 Å². The van der Waals surface area contributed by atoms with Gasteiger partial charge in [-0.15, -0.1) is 24.8 Å². The van der Waals surface area contributed by atoms with Crippen LogP contribution in [0.3, 0.4) is 0 Å². The van der Waals surface area contributed by atoms with Gasteiger partial charge in [0.2, 0.25) is 5.91 Å². The van der Waals surface area contributed by atoms with Gasteiger partial charge in [-0.25, -0.2) is 0 Å². The lowest BCUT2D eigenvalue weighted by Crippen LogP contribution is -2.40. The number of rotatable bonds is 5. The Bertz CT molecular complexity index is 588. The summed E-state index contributed by atoms with van der Waals surface area (Å²) in [4.78, 5) is 14.8. The maximum atomic E-state index is 12.4. The van der Waals surface area contributed by atoms with Crippen LogP contribution in [0.4, 0.5) is 0 Å². The summed E-state index contributed by atoms with van der Waals surface area (Å²) in [6.45, 7) is 6.41. The molecule has 154 valence electrons. The normalized spacial score (nSPS) is 25.8. The summed E-state index contributed by atoms with van der Waals surface area (Å²) in [6, 6.07) is 8.71. The third-order valence-electron chi connectivity index (χ3n) is 5.28. The Labute approximate surface area is 175 Å². The number of hydrogen-bond acceptors (Lipinski definition) is 4. The Hall–Kier alpha value is -0.850. The molecule has 1 heterocycles. The Kier molecular flexibility index (Phi) is 10.6.